The molecule has 0 amide bonds. The first-order valence-corrected chi connectivity index (χ1v) is 5.30. The van der Waals surface area contributed by atoms with E-state index in [0.29, 0.717) is 17.7 Å². The van der Waals surface area contributed by atoms with E-state index in [1.807, 2.05) is 24.3 Å². The van der Waals surface area contributed by atoms with E-state index in [0.717, 1.165) is 24.2 Å². The molecule has 4 nitrogen and oxygen atoms in total. The zero-order valence-electron chi connectivity index (χ0n) is 8.72. The molecule has 2 N–H and O–H groups in total. The van der Waals surface area contributed by atoms with Crippen LogP contribution in [-0.4, -0.2) is 11.3 Å². The molecular weight excluding hydrogens is 204 g/mol. The van der Waals surface area contributed by atoms with Crippen molar-refractivity contribution >= 4 is 5.82 Å². The summed E-state index contributed by atoms with van der Waals surface area (Å²) in [7, 11) is 0. The van der Waals surface area contributed by atoms with Gasteiger partial charge in [-0.1, -0.05) is 17.3 Å². The number of anilines is 1. The third-order valence-electron chi connectivity index (χ3n) is 2.47. The Morgan fingerprint density at radius 2 is 2.19 bits per heavy atom. The topological polar surface area (TPSA) is 61.3 Å². The quantitative estimate of drug-likeness (QED) is 0.856. The van der Waals surface area contributed by atoms with Crippen LogP contribution in [0.15, 0.2) is 34.9 Å². The first-order valence-electron chi connectivity index (χ1n) is 5.30. The van der Waals surface area contributed by atoms with Crippen molar-refractivity contribution in [2.75, 3.05) is 5.73 Å². The highest BCUT2D eigenvalue weighted by Crippen LogP contribution is 2.30. The molecule has 0 atom stereocenters. The molecule has 0 unspecified atom stereocenters. The average Bonchev–Trinajstić information content (AvgIpc) is 2.98. The molecule has 0 spiro atoms. The molecule has 0 aliphatic heterocycles. The number of nitrogens with two attached hydrogens (primary N) is 1. The van der Waals surface area contributed by atoms with Crippen LogP contribution in [0.5, 0.6) is 5.75 Å². The molecule has 0 radical (unpaired) electrons. The Labute approximate surface area is 93.0 Å². The molecular formula is C12H12N2O2. The molecule has 0 saturated heterocycles. The zero-order valence-corrected chi connectivity index (χ0v) is 8.72. The monoisotopic (exact) mass is 216 g/mol. The van der Waals surface area contributed by atoms with Gasteiger partial charge in [0.1, 0.15) is 5.75 Å². The second kappa shape index (κ2) is 3.56. The zero-order chi connectivity index (χ0) is 11.0. The highest BCUT2D eigenvalue weighted by atomic mass is 16.5. The fourth-order valence-corrected chi connectivity index (χ4v) is 1.53. The van der Waals surface area contributed by atoms with Gasteiger partial charge in [-0.25, -0.2) is 0 Å². The number of hydrogen-bond acceptors (Lipinski definition) is 4. The van der Waals surface area contributed by atoms with Gasteiger partial charge in [0.25, 0.3) is 0 Å². The maximum absolute atomic E-state index is 5.70. The van der Waals surface area contributed by atoms with E-state index in [1.54, 1.807) is 6.07 Å². The van der Waals surface area contributed by atoms with E-state index in [-0.39, 0.29) is 0 Å². The minimum Gasteiger partial charge on any atom is -0.490 e. The van der Waals surface area contributed by atoms with E-state index in [2.05, 4.69) is 5.16 Å². The maximum Gasteiger partial charge on any atom is 0.169 e. The smallest absolute Gasteiger partial charge is 0.169 e. The fraction of sp³-hybridized carbons (Fsp3) is 0.250. The predicted octanol–water partition coefficient (Wildman–Crippen LogP) is 2.47. The Hall–Kier alpha value is -1.97. The standard InChI is InChI=1S/C12H12N2O2/c13-12-7-11(16-14-12)8-2-1-3-10(6-8)15-9-4-5-9/h1-3,6-7,9H,4-5H2,(H2,13,14). The molecule has 1 aromatic carbocycles. The Bertz CT molecular complexity index is 503. The summed E-state index contributed by atoms with van der Waals surface area (Å²) in [5.74, 6) is 1.93. The van der Waals surface area contributed by atoms with Crippen LogP contribution in [0.4, 0.5) is 5.82 Å². The highest BCUT2D eigenvalue weighted by Gasteiger charge is 2.23. The van der Waals surface area contributed by atoms with E-state index < -0.39 is 0 Å². The summed E-state index contributed by atoms with van der Waals surface area (Å²) in [6, 6.07) is 9.47. The predicted molar refractivity (Wildman–Crippen MR) is 60.0 cm³/mol. The molecule has 0 bridgehead atoms. The van der Waals surface area contributed by atoms with Crippen LogP contribution >= 0.6 is 0 Å². The first-order chi connectivity index (χ1) is 7.81. The second-order valence-electron chi connectivity index (χ2n) is 3.96. The van der Waals surface area contributed by atoms with Crippen molar-refractivity contribution in [1.29, 1.82) is 0 Å². The average molecular weight is 216 g/mol. The third kappa shape index (κ3) is 1.86. The SMILES string of the molecule is Nc1cc(-c2cccc(OC3CC3)c2)on1. The molecule has 2 aromatic rings. The van der Waals surface area contributed by atoms with Crippen LogP contribution in [-0.2, 0) is 0 Å². The van der Waals surface area contributed by atoms with Crippen LogP contribution in [0, 0.1) is 0 Å². The summed E-state index contributed by atoms with van der Waals surface area (Å²) in [6.45, 7) is 0. The van der Waals surface area contributed by atoms with Gasteiger partial charge >= 0.3 is 0 Å². The Balaban J connectivity index is 1.88. The van der Waals surface area contributed by atoms with Gasteiger partial charge in [0.05, 0.1) is 6.10 Å². The van der Waals surface area contributed by atoms with E-state index in [1.165, 1.54) is 0 Å². The van der Waals surface area contributed by atoms with Crippen LogP contribution in [0.25, 0.3) is 11.3 Å². The lowest BCUT2D eigenvalue weighted by Gasteiger charge is -2.04. The number of nitrogens with zero attached hydrogens (tertiary/aromatic N) is 1. The number of hydrogen-bond donors (Lipinski definition) is 1. The fourth-order valence-electron chi connectivity index (χ4n) is 1.53. The van der Waals surface area contributed by atoms with Crippen molar-refractivity contribution in [3.63, 3.8) is 0 Å². The lowest BCUT2D eigenvalue weighted by Crippen LogP contribution is -1.95. The summed E-state index contributed by atoms with van der Waals surface area (Å²) in [5.41, 5.74) is 6.44. The van der Waals surface area contributed by atoms with Gasteiger partial charge in [-0.3, -0.25) is 0 Å². The minimum atomic E-state index is 0.392. The van der Waals surface area contributed by atoms with Crippen molar-refractivity contribution in [1.82, 2.24) is 5.16 Å². The molecule has 3 rings (SSSR count). The number of benzene rings is 1. The van der Waals surface area contributed by atoms with Gasteiger partial charge in [0.2, 0.25) is 0 Å². The number of rotatable bonds is 3. The van der Waals surface area contributed by atoms with E-state index >= 15 is 0 Å². The van der Waals surface area contributed by atoms with Crippen molar-refractivity contribution in [3.05, 3.63) is 30.3 Å². The van der Waals surface area contributed by atoms with Gasteiger partial charge < -0.3 is 15.0 Å². The molecule has 1 heterocycles. The van der Waals surface area contributed by atoms with Gasteiger partial charge in [0.15, 0.2) is 11.6 Å². The van der Waals surface area contributed by atoms with E-state index in [4.69, 9.17) is 15.0 Å². The second-order valence-corrected chi connectivity index (χ2v) is 3.96. The van der Waals surface area contributed by atoms with Crippen molar-refractivity contribution in [3.8, 4) is 17.1 Å². The molecule has 4 heteroatoms. The number of nitrogen functional groups attached to an aromatic ring is 1. The molecule has 1 aliphatic rings. The Morgan fingerprint density at radius 3 is 2.88 bits per heavy atom. The van der Waals surface area contributed by atoms with Gasteiger partial charge in [-0.2, -0.15) is 0 Å². The van der Waals surface area contributed by atoms with Crippen LogP contribution in [0.2, 0.25) is 0 Å². The minimum absolute atomic E-state index is 0.392. The summed E-state index contributed by atoms with van der Waals surface area (Å²) < 4.78 is 10.8. The largest absolute Gasteiger partial charge is 0.490 e. The highest BCUT2D eigenvalue weighted by molar-refractivity contribution is 5.61. The number of ether oxygens (including phenoxy) is 1. The van der Waals surface area contributed by atoms with Crippen LogP contribution in [0.1, 0.15) is 12.8 Å². The Kier molecular flexibility index (Phi) is 2.06. The summed E-state index contributed by atoms with van der Waals surface area (Å²) in [4.78, 5) is 0. The maximum atomic E-state index is 5.70. The lowest BCUT2D eigenvalue weighted by molar-refractivity contribution is 0.303. The number of aromatic nitrogens is 1. The van der Waals surface area contributed by atoms with Crippen molar-refractivity contribution < 1.29 is 9.26 Å². The van der Waals surface area contributed by atoms with Gasteiger partial charge in [0, 0.05) is 11.6 Å². The van der Waals surface area contributed by atoms with Gasteiger partial charge in [-0.05, 0) is 25.0 Å². The molecule has 1 saturated carbocycles. The first kappa shape index (κ1) is 9.27. The molecule has 1 aromatic heterocycles. The van der Waals surface area contributed by atoms with Crippen molar-refractivity contribution in [2.24, 2.45) is 0 Å². The normalized spacial score (nSPS) is 15.0. The van der Waals surface area contributed by atoms with Crippen LogP contribution < -0.4 is 10.5 Å². The summed E-state index contributed by atoms with van der Waals surface area (Å²) >= 11 is 0. The third-order valence-corrected chi connectivity index (χ3v) is 2.47. The molecule has 1 fully saturated rings. The summed E-state index contributed by atoms with van der Waals surface area (Å²) in [6.07, 6.45) is 2.70. The lowest BCUT2D eigenvalue weighted by atomic mass is 10.1. The summed E-state index contributed by atoms with van der Waals surface area (Å²) in [5, 5.41) is 3.66. The molecule has 82 valence electrons. The van der Waals surface area contributed by atoms with E-state index in [9.17, 15) is 0 Å². The van der Waals surface area contributed by atoms with Crippen LogP contribution in [0.3, 0.4) is 0 Å². The molecule has 1 aliphatic carbocycles. The Morgan fingerprint density at radius 1 is 1.31 bits per heavy atom. The van der Waals surface area contributed by atoms with Gasteiger partial charge in [-0.15, -0.1) is 0 Å². The molecule has 16 heavy (non-hydrogen) atoms. The van der Waals surface area contributed by atoms with Crippen molar-refractivity contribution in [2.45, 2.75) is 18.9 Å².